The Hall–Kier alpha value is -1.04. The summed E-state index contributed by atoms with van der Waals surface area (Å²) >= 11 is 0. The van der Waals surface area contributed by atoms with Crippen LogP contribution in [0.4, 0.5) is 0 Å². The van der Waals surface area contributed by atoms with Crippen molar-refractivity contribution in [2.75, 3.05) is 0 Å². The second kappa shape index (κ2) is 8.55. The van der Waals surface area contributed by atoms with Gasteiger partial charge in [0.05, 0.1) is 0 Å². The summed E-state index contributed by atoms with van der Waals surface area (Å²) in [6.45, 7) is 0. The lowest BCUT2D eigenvalue weighted by atomic mass is 10.2. The molecule has 0 bridgehead atoms. The average molecular weight is 188 g/mol. The fourth-order valence-corrected chi connectivity index (χ4v) is 1.40. The van der Waals surface area contributed by atoms with Crippen molar-refractivity contribution in [3.05, 3.63) is 48.6 Å². The molecule has 0 amide bonds. The lowest BCUT2D eigenvalue weighted by Gasteiger charge is -1.90. The quantitative estimate of drug-likeness (QED) is 0.489. The summed E-state index contributed by atoms with van der Waals surface area (Å²) < 4.78 is 0. The molecule has 0 fully saturated rings. The molecule has 0 heterocycles. The third kappa shape index (κ3) is 6.47. The Kier molecular flexibility index (Phi) is 6.74. The minimum absolute atomic E-state index is 1.16. The third-order valence-corrected chi connectivity index (χ3v) is 2.22. The normalized spacial score (nSPS) is 19.4. The molecule has 0 saturated carbocycles. The highest BCUT2D eigenvalue weighted by molar-refractivity contribution is 5.04. The molecule has 0 atom stereocenters. The van der Waals surface area contributed by atoms with E-state index in [1.165, 1.54) is 25.7 Å². The standard InChI is InChI=1S/C14H20/c1-2-4-6-8-10-12-14-13-11-9-7-5-3-1/h1-4,9-12H,5-8,13-14H2. The van der Waals surface area contributed by atoms with Crippen molar-refractivity contribution < 1.29 is 0 Å². The van der Waals surface area contributed by atoms with Crippen molar-refractivity contribution in [2.45, 2.75) is 38.5 Å². The van der Waals surface area contributed by atoms with Gasteiger partial charge in [0.1, 0.15) is 0 Å². The van der Waals surface area contributed by atoms with Crippen LogP contribution >= 0.6 is 0 Å². The number of hydrogen-bond donors (Lipinski definition) is 0. The smallest absolute Gasteiger partial charge is 0.0313 e. The van der Waals surface area contributed by atoms with Crippen molar-refractivity contribution in [3.8, 4) is 0 Å². The second-order valence-electron chi connectivity index (χ2n) is 3.53. The molecule has 0 heteroatoms. The van der Waals surface area contributed by atoms with E-state index < -0.39 is 0 Å². The lowest BCUT2D eigenvalue weighted by Crippen LogP contribution is -1.70. The summed E-state index contributed by atoms with van der Waals surface area (Å²) in [5.74, 6) is 0. The Morgan fingerprint density at radius 2 is 0.643 bits per heavy atom. The van der Waals surface area contributed by atoms with E-state index in [4.69, 9.17) is 0 Å². The van der Waals surface area contributed by atoms with Crippen molar-refractivity contribution in [2.24, 2.45) is 0 Å². The Morgan fingerprint density at radius 3 is 1.00 bits per heavy atom. The largest absolute Gasteiger partial charge is 0.0882 e. The molecule has 1 aliphatic carbocycles. The minimum Gasteiger partial charge on any atom is -0.0882 e. The molecule has 1 aliphatic rings. The molecule has 0 N–H and O–H groups in total. The summed E-state index contributed by atoms with van der Waals surface area (Å²) in [5.41, 5.74) is 0. The summed E-state index contributed by atoms with van der Waals surface area (Å²) in [7, 11) is 0. The van der Waals surface area contributed by atoms with Crippen LogP contribution in [0.15, 0.2) is 48.6 Å². The lowest BCUT2D eigenvalue weighted by molar-refractivity contribution is 0.983. The first-order valence-corrected chi connectivity index (χ1v) is 5.62. The molecular formula is C14H20. The van der Waals surface area contributed by atoms with E-state index in [1.807, 2.05) is 0 Å². The zero-order valence-electron chi connectivity index (χ0n) is 8.86. The zero-order valence-corrected chi connectivity index (χ0v) is 8.86. The predicted octanol–water partition coefficient (Wildman–Crippen LogP) is 4.57. The van der Waals surface area contributed by atoms with Gasteiger partial charge in [-0.1, -0.05) is 48.6 Å². The molecule has 1 rings (SSSR count). The Bertz CT molecular complexity index is 202. The van der Waals surface area contributed by atoms with Gasteiger partial charge in [-0.15, -0.1) is 0 Å². The topological polar surface area (TPSA) is 0 Å². The molecule has 0 spiro atoms. The Labute approximate surface area is 87.7 Å². The van der Waals surface area contributed by atoms with Crippen LogP contribution in [0.1, 0.15) is 38.5 Å². The summed E-state index contributed by atoms with van der Waals surface area (Å²) in [6.07, 6.45) is 25.0. The fraction of sp³-hybridized carbons (Fsp3) is 0.429. The van der Waals surface area contributed by atoms with Crippen LogP contribution in [-0.4, -0.2) is 0 Å². The molecule has 0 unspecified atom stereocenters. The SMILES string of the molecule is C1=CCCC=CCCC=CCCC=C1. The van der Waals surface area contributed by atoms with Crippen LogP contribution in [0.2, 0.25) is 0 Å². The minimum atomic E-state index is 1.16. The molecular weight excluding hydrogens is 168 g/mol. The van der Waals surface area contributed by atoms with Gasteiger partial charge in [0.2, 0.25) is 0 Å². The van der Waals surface area contributed by atoms with Gasteiger partial charge >= 0.3 is 0 Å². The van der Waals surface area contributed by atoms with Gasteiger partial charge < -0.3 is 0 Å². The molecule has 0 radical (unpaired) electrons. The summed E-state index contributed by atoms with van der Waals surface area (Å²) in [4.78, 5) is 0. The zero-order chi connectivity index (χ0) is 9.90. The molecule has 76 valence electrons. The monoisotopic (exact) mass is 188 g/mol. The van der Waals surface area contributed by atoms with Gasteiger partial charge in [-0.3, -0.25) is 0 Å². The average Bonchev–Trinajstić information content (AvgIpc) is 2.22. The third-order valence-electron chi connectivity index (χ3n) is 2.22. The highest BCUT2D eigenvalue weighted by Crippen LogP contribution is 2.01. The molecule has 0 aromatic carbocycles. The van der Waals surface area contributed by atoms with Crippen LogP contribution in [-0.2, 0) is 0 Å². The first-order chi connectivity index (χ1) is 7.00. The van der Waals surface area contributed by atoms with Crippen LogP contribution < -0.4 is 0 Å². The maximum Gasteiger partial charge on any atom is -0.0313 e. The van der Waals surface area contributed by atoms with Gasteiger partial charge in [-0.2, -0.15) is 0 Å². The maximum absolute atomic E-state index is 2.29. The molecule has 0 aromatic rings. The first kappa shape index (κ1) is 11.0. The van der Waals surface area contributed by atoms with Gasteiger partial charge in [0.15, 0.2) is 0 Å². The van der Waals surface area contributed by atoms with Crippen molar-refractivity contribution >= 4 is 0 Å². The highest BCUT2D eigenvalue weighted by Gasteiger charge is 1.80. The summed E-state index contributed by atoms with van der Waals surface area (Å²) in [6, 6.07) is 0. The Morgan fingerprint density at radius 1 is 0.357 bits per heavy atom. The van der Waals surface area contributed by atoms with Crippen LogP contribution in [0.3, 0.4) is 0 Å². The fourth-order valence-electron chi connectivity index (χ4n) is 1.40. The number of rotatable bonds is 0. The summed E-state index contributed by atoms with van der Waals surface area (Å²) in [5, 5.41) is 0. The maximum atomic E-state index is 2.29. The van der Waals surface area contributed by atoms with Gasteiger partial charge in [0, 0.05) is 0 Å². The molecule has 0 aliphatic heterocycles. The highest BCUT2D eigenvalue weighted by atomic mass is 13.9. The van der Waals surface area contributed by atoms with E-state index >= 15 is 0 Å². The van der Waals surface area contributed by atoms with Gasteiger partial charge in [-0.25, -0.2) is 0 Å². The predicted molar refractivity (Wildman–Crippen MR) is 64.3 cm³/mol. The van der Waals surface area contributed by atoms with Crippen molar-refractivity contribution in [1.29, 1.82) is 0 Å². The molecule has 14 heavy (non-hydrogen) atoms. The number of hydrogen-bond acceptors (Lipinski definition) is 0. The number of allylic oxidation sites excluding steroid dienone is 8. The Balaban J connectivity index is 2.34. The van der Waals surface area contributed by atoms with E-state index in [1.54, 1.807) is 0 Å². The second-order valence-corrected chi connectivity index (χ2v) is 3.53. The van der Waals surface area contributed by atoms with Crippen LogP contribution in [0, 0.1) is 0 Å². The molecule has 0 saturated heterocycles. The molecule has 0 nitrogen and oxygen atoms in total. The van der Waals surface area contributed by atoms with Gasteiger partial charge in [0.25, 0.3) is 0 Å². The van der Waals surface area contributed by atoms with Crippen LogP contribution in [0.5, 0.6) is 0 Å². The van der Waals surface area contributed by atoms with Crippen molar-refractivity contribution in [1.82, 2.24) is 0 Å². The molecule has 0 aromatic heterocycles. The van der Waals surface area contributed by atoms with Crippen molar-refractivity contribution in [3.63, 3.8) is 0 Å². The van der Waals surface area contributed by atoms with E-state index in [0.717, 1.165) is 12.8 Å². The van der Waals surface area contributed by atoms with E-state index in [-0.39, 0.29) is 0 Å². The van der Waals surface area contributed by atoms with E-state index in [2.05, 4.69) is 48.6 Å². The van der Waals surface area contributed by atoms with E-state index in [0.29, 0.717) is 0 Å². The van der Waals surface area contributed by atoms with Gasteiger partial charge in [-0.05, 0) is 38.5 Å². The first-order valence-electron chi connectivity index (χ1n) is 5.62. The van der Waals surface area contributed by atoms with Crippen LogP contribution in [0.25, 0.3) is 0 Å². The van der Waals surface area contributed by atoms with E-state index in [9.17, 15) is 0 Å².